The van der Waals surface area contributed by atoms with E-state index in [2.05, 4.69) is 40.1 Å². The molecule has 0 atom stereocenters. The van der Waals surface area contributed by atoms with E-state index in [1.54, 1.807) is 0 Å². The molecule has 1 aromatic carbocycles. The number of hydrogen-bond acceptors (Lipinski definition) is 3. The molecule has 0 radical (unpaired) electrons. The minimum Gasteiger partial charge on any atom is -0.343 e. The predicted molar refractivity (Wildman–Crippen MR) is 102 cm³/mol. The van der Waals surface area contributed by atoms with Crippen molar-refractivity contribution < 1.29 is 4.79 Å². The second-order valence-corrected chi connectivity index (χ2v) is 8.48. The van der Waals surface area contributed by atoms with Gasteiger partial charge in [-0.05, 0) is 61.8 Å². The molecule has 132 valence electrons. The maximum Gasteiger partial charge on any atom is 0.222 e. The molecule has 24 heavy (non-hydrogen) atoms. The summed E-state index contributed by atoms with van der Waals surface area (Å²) in [5.74, 6) is 3.36. The van der Waals surface area contributed by atoms with Crippen molar-refractivity contribution in [3.8, 4) is 0 Å². The number of benzene rings is 1. The maximum atomic E-state index is 12.6. The van der Waals surface area contributed by atoms with E-state index < -0.39 is 0 Å². The van der Waals surface area contributed by atoms with Gasteiger partial charge in [0.25, 0.3) is 0 Å². The fourth-order valence-corrected chi connectivity index (χ4v) is 4.94. The smallest absolute Gasteiger partial charge is 0.222 e. The first-order valence-corrected chi connectivity index (χ1v) is 10.5. The second-order valence-electron chi connectivity index (χ2n) is 7.26. The molecule has 2 heterocycles. The van der Waals surface area contributed by atoms with Crippen molar-refractivity contribution in [1.82, 2.24) is 9.80 Å². The Balaban J connectivity index is 1.40. The Morgan fingerprint density at radius 3 is 2.46 bits per heavy atom. The second kappa shape index (κ2) is 8.91. The average Bonchev–Trinajstić information content (AvgIpc) is 2.64. The van der Waals surface area contributed by atoms with Crippen molar-refractivity contribution in [3.05, 3.63) is 35.9 Å². The van der Waals surface area contributed by atoms with Gasteiger partial charge >= 0.3 is 0 Å². The van der Waals surface area contributed by atoms with E-state index in [1.165, 1.54) is 29.9 Å². The van der Waals surface area contributed by atoms with Crippen LogP contribution in [0.4, 0.5) is 0 Å². The summed E-state index contributed by atoms with van der Waals surface area (Å²) >= 11 is 2.02. The van der Waals surface area contributed by atoms with Crippen LogP contribution >= 0.6 is 11.8 Å². The third-order valence-electron chi connectivity index (χ3n) is 5.55. The summed E-state index contributed by atoms with van der Waals surface area (Å²) in [7, 11) is 2.02. The quantitative estimate of drug-likeness (QED) is 0.813. The molecule has 0 bridgehead atoms. The lowest BCUT2D eigenvalue weighted by Crippen LogP contribution is -2.41. The number of hydrogen-bond donors (Lipinski definition) is 0. The fraction of sp³-hybridized carbons (Fsp3) is 0.650. The molecule has 2 saturated heterocycles. The molecule has 0 spiro atoms. The first-order chi connectivity index (χ1) is 11.7. The number of carbonyl (C=O) groups is 1. The molecule has 0 aromatic heterocycles. The third kappa shape index (κ3) is 5.00. The summed E-state index contributed by atoms with van der Waals surface area (Å²) < 4.78 is 0. The number of rotatable bonds is 5. The van der Waals surface area contributed by atoms with Crippen LogP contribution in [0, 0.1) is 5.92 Å². The van der Waals surface area contributed by atoms with Gasteiger partial charge in [0.05, 0.1) is 0 Å². The van der Waals surface area contributed by atoms with Crippen LogP contribution in [0.2, 0.25) is 0 Å². The first kappa shape index (κ1) is 17.8. The Morgan fingerprint density at radius 2 is 1.79 bits per heavy atom. The minimum atomic E-state index is 0.369. The number of piperidine rings is 1. The Bertz CT molecular complexity index is 508. The Kier molecular flexibility index (Phi) is 6.61. The van der Waals surface area contributed by atoms with Crippen molar-refractivity contribution in [2.75, 3.05) is 31.6 Å². The number of likely N-dealkylation sites (tertiary alicyclic amines) is 1. The monoisotopic (exact) mass is 346 g/mol. The van der Waals surface area contributed by atoms with E-state index in [9.17, 15) is 4.79 Å². The topological polar surface area (TPSA) is 23.6 Å². The summed E-state index contributed by atoms with van der Waals surface area (Å²) in [6.07, 6.45) is 5.41. The Hall–Kier alpha value is -1.00. The standard InChI is InChI=1S/C20H30N2OS/c1-21(19-9-13-24-14-10-19)20(23)15-17-7-11-22(12-8-17)16-18-5-3-2-4-6-18/h2-6,17,19H,7-16H2,1H3. The number of thioether (sulfide) groups is 1. The highest BCUT2D eigenvalue weighted by Gasteiger charge is 2.26. The average molecular weight is 347 g/mol. The zero-order chi connectivity index (χ0) is 16.8. The lowest BCUT2D eigenvalue weighted by atomic mass is 9.92. The van der Waals surface area contributed by atoms with Crippen molar-refractivity contribution in [2.24, 2.45) is 5.92 Å². The molecule has 0 saturated carbocycles. The summed E-state index contributed by atoms with van der Waals surface area (Å²) in [5, 5.41) is 0. The molecule has 1 aromatic rings. The van der Waals surface area contributed by atoms with E-state index in [0.29, 0.717) is 17.9 Å². The molecule has 2 aliphatic rings. The van der Waals surface area contributed by atoms with Gasteiger partial charge in [-0.2, -0.15) is 11.8 Å². The Labute approximate surface area is 150 Å². The van der Waals surface area contributed by atoms with Crippen LogP contribution in [0.5, 0.6) is 0 Å². The number of carbonyl (C=O) groups excluding carboxylic acids is 1. The largest absolute Gasteiger partial charge is 0.343 e. The normalized spacial score (nSPS) is 20.9. The van der Waals surface area contributed by atoms with E-state index >= 15 is 0 Å². The summed E-state index contributed by atoms with van der Waals surface area (Å²) in [4.78, 5) is 17.2. The van der Waals surface area contributed by atoms with Gasteiger partial charge in [0.15, 0.2) is 0 Å². The van der Waals surface area contributed by atoms with Gasteiger partial charge in [-0.25, -0.2) is 0 Å². The molecule has 1 amide bonds. The van der Waals surface area contributed by atoms with Crippen molar-refractivity contribution in [2.45, 2.75) is 44.7 Å². The predicted octanol–water partition coefficient (Wildman–Crippen LogP) is 3.64. The summed E-state index contributed by atoms with van der Waals surface area (Å²) in [6.45, 7) is 3.29. The SMILES string of the molecule is CN(C(=O)CC1CCN(Cc2ccccc2)CC1)C1CCSCC1. The zero-order valence-electron chi connectivity index (χ0n) is 14.8. The van der Waals surface area contributed by atoms with Crippen LogP contribution < -0.4 is 0 Å². The van der Waals surface area contributed by atoms with Gasteiger partial charge < -0.3 is 4.90 Å². The van der Waals surface area contributed by atoms with Crippen LogP contribution in [0.1, 0.15) is 37.7 Å². The van der Waals surface area contributed by atoms with Crippen LogP contribution in [0.25, 0.3) is 0 Å². The van der Waals surface area contributed by atoms with Crippen LogP contribution in [-0.4, -0.2) is 53.4 Å². The number of nitrogens with zero attached hydrogens (tertiary/aromatic N) is 2. The highest BCUT2D eigenvalue weighted by molar-refractivity contribution is 7.99. The lowest BCUT2D eigenvalue weighted by molar-refractivity contribution is -0.133. The molecule has 0 aliphatic carbocycles. The van der Waals surface area contributed by atoms with Crippen molar-refractivity contribution in [1.29, 1.82) is 0 Å². The van der Waals surface area contributed by atoms with Crippen LogP contribution in [0.3, 0.4) is 0 Å². The molecular weight excluding hydrogens is 316 g/mol. The zero-order valence-corrected chi connectivity index (χ0v) is 15.6. The highest BCUT2D eigenvalue weighted by atomic mass is 32.2. The molecule has 2 aliphatic heterocycles. The van der Waals surface area contributed by atoms with E-state index in [0.717, 1.165) is 38.9 Å². The summed E-state index contributed by atoms with van der Waals surface area (Å²) in [5.41, 5.74) is 1.39. The maximum absolute atomic E-state index is 12.6. The molecule has 2 fully saturated rings. The van der Waals surface area contributed by atoms with E-state index in [1.807, 2.05) is 18.8 Å². The third-order valence-corrected chi connectivity index (χ3v) is 6.60. The molecule has 4 heteroatoms. The molecule has 3 nitrogen and oxygen atoms in total. The molecular formula is C20H30N2OS. The Morgan fingerprint density at radius 1 is 1.12 bits per heavy atom. The van der Waals surface area contributed by atoms with Crippen molar-refractivity contribution in [3.63, 3.8) is 0 Å². The van der Waals surface area contributed by atoms with Gasteiger partial charge in [-0.1, -0.05) is 30.3 Å². The summed E-state index contributed by atoms with van der Waals surface area (Å²) in [6, 6.07) is 11.2. The van der Waals surface area contributed by atoms with Crippen molar-refractivity contribution >= 4 is 17.7 Å². The van der Waals surface area contributed by atoms with Gasteiger partial charge in [0, 0.05) is 26.1 Å². The lowest BCUT2D eigenvalue weighted by Gasteiger charge is -2.35. The van der Waals surface area contributed by atoms with Crippen LogP contribution in [-0.2, 0) is 11.3 Å². The first-order valence-electron chi connectivity index (χ1n) is 9.32. The van der Waals surface area contributed by atoms with Crippen LogP contribution in [0.15, 0.2) is 30.3 Å². The van der Waals surface area contributed by atoms with Gasteiger partial charge in [0.1, 0.15) is 0 Å². The minimum absolute atomic E-state index is 0.369. The molecule has 0 unspecified atom stereocenters. The van der Waals surface area contributed by atoms with Gasteiger partial charge in [-0.3, -0.25) is 9.69 Å². The molecule has 3 rings (SSSR count). The number of amides is 1. The fourth-order valence-electron chi connectivity index (χ4n) is 3.86. The van der Waals surface area contributed by atoms with Gasteiger partial charge in [-0.15, -0.1) is 0 Å². The van der Waals surface area contributed by atoms with E-state index in [4.69, 9.17) is 0 Å². The van der Waals surface area contributed by atoms with E-state index in [-0.39, 0.29) is 0 Å². The molecule has 0 N–H and O–H groups in total. The van der Waals surface area contributed by atoms with Gasteiger partial charge in [0.2, 0.25) is 5.91 Å². The highest BCUT2D eigenvalue weighted by Crippen LogP contribution is 2.25.